The number of hydrogen-bond donors (Lipinski definition) is 1. The lowest BCUT2D eigenvalue weighted by Gasteiger charge is -2.35. The van der Waals surface area contributed by atoms with E-state index in [9.17, 15) is 0 Å². The van der Waals surface area contributed by atoms with Crippen LogP contribution < -0.4 is 5.32 Å². The summed E-state index contributed by atoms with van der Waals surface area (Å²) >= 11 is 0. The molecule has 12 heavy (non-hydrogen) atoms. The Labute approximate surface area is 75.2 Å². The third-order valence-electron chi connectivity index (χ3n) is 3.33. The molecular weight excluding hydrogens is 146 g/mol. The Hall–Kier alpha value is -0.460. The highest BCUT2D eigenvalue weighted by Gasteiger charge is 2.26. The fraction of sp³-hybridized carbons (Fsp3) is 0.818. The van der Waals surface area contributed by atoms with Gasteiger partial charge in [-0.1, -0.05) is 18.9 Å². The van der Waals surface area contributed by atoms with E-state index >= 15 is 0 Å². The molecule has 0 radical (unpaired) electrons. The van der Waals surface area contributed by atoms with Crippen molar-refractivity contribution in [3.05, 3.63) is 11.8 Å². The molecule has 0 atom stereocenters. The molecule has 0 spiro atoms. The molecule has 0 heterocycles. The van der Waals surface area contributed by atoms with Crippen LogP contribution in [0.3, 0.4) is 0 Å². The summed E-state index contributed by atoms with van der Waals surface area (Å²) in [6.45, 7) is 2.30. The number of rotatable bonds is 3. The number of nitrogens with one attached hydrogen (secondary N) is 1. The van der Waals surface area contributed by atoms with Crippen molar-refractivity contribution in [3.8, 4) is 0 Å². The molecule has 2 fully saturated rings. The lowest BCUT2D eigenvalue weighted by atomic mass is 9.78. The summed E-state index contributed by atoms with van der Waals surface area (Å²) in [5.74, 6) is 1.02. The van der Waals surface area contributed by atoms with Gasteiger partial charge in [0, 0.05) is 6.04 Å². The van der Waals surface area contributed by atoms with Crippen LogP contribution in [-0.4, -0.2) is 6.04 Å². The molecule has 0 aliphatic heterocycles. The van der Waals surface area contributed by atoms with E-state index in [0.29, 0.717) is 0 Å². The minimum Gasteiger partial charge on any atom is -0.388 e. The van der Waals surface area contributed by atoms with Gasteiger partial charge in [0.25, 0.3) is 0 Å². The predicted octanol–water partition coefficient (Wildman–Crippen LogP) is 2.83. The maximum absolute atomic E-state index is 3.52. The highest BCUT2D eigenvalue weighted by atomic mass is 14.9. The second-order valence-corrected chi connectivity index (χ2v) is 4.27. The van der Waals surface area contributed by atoms with Gasteiger partial charge >= 0.3 is 0 Å². The maximum atomic E-state index is 3.52. The lowest BCUT2D eigenvalue weighted by Crippen LogP contribution is -2.38. The average Bonchev–Trinajstić information content (AvgIpc) is 1.90. The first-order chi connectivity index (χ1) is 5.88. The molecule has 2 saturated carbocycles. The summed E-state index contributed by atoms with van der Waals surface area (Å²) in [4.78, 5) is 0. The number of allylic oxidation sites excluding steroid dienone is 1. The molecule has 0 saturated heterocycles. The van der Waals surface area contributed by atoms with Crippen LogP contribution >= 0.6 is 0 Å². The Kier molecular flexibility index (Phi) is 2.38. The zero-order valence-electron chi connectivity index (χ0n) is 7.97. The zero-order chi connectivity index (χ0) is 8.39. The summed E-state index contributed by atoms with van der Waals surface area (Å²) in [5, 5.41) is 3.52. The normalized spacial score (nSPS) is 33.6. The zero-order valence-corrected chi connectivity index (χ0v) is 7.97. The van der Waals surface area contributed by atoms with Crippen molar-refractivity contribution >= 4 is 0 Å². The van der Waals surface area contributed by atoms with Crippen molar-refractivity contribution in [3.63, 3.8) is 0 Å². The molecule has 0 aromatic heterocycles. The van der Waals surface area contributed by atoms with Gasteiger partial charge in [-0.05, 0) is 44.2 Å². The van der Waals surface area contributed by atoms with Crippen LogP contribution in [0.5, 0.6) is 0 Å². The van der Waals surface area contributed by atoms with Crippen molar-refractivity contribution in [1.29, 1.82) is 0 Å². The Morgan fingerprint density at radius 3 is 2.67 bits per heavy atom. The maximum Gasteiger partial charge on any atom is 0.0261 e. The minimum absolute atomic E-state index is 0.808. The molecule has 0 amide bonds. The van der Waals surface area contributed by atoms with E-state index in [2.05, 4.69) is 18.4 Å². The molecule has 0 aromatic carbocycles. The van der Waals surface area contributed by atoms with E-state index in [4.69, 9.17) is 0 Å². The largest absolute Gasteiger partial charge is 0.388 e. The van der Waals surface area contributed by atoms with Gasteiger partial charge in [0.2, 0.25) is 0 Å². The topological polar surface area (TPSA) is 12.0 Å². The predicted molar refractivity (Wildman–Crippen MR) is 51.9 cm³/mol. The van der Waals surface area contributed by atoms with Crippen LogP contribution in [0.15, 0.2) is 11.8 Å². The van der Waals surface area contributed by atoms with E-state index in [1.54, 1.807) is 5.57 Å². The third-order valence-corrected chi connectivity index (χ3v) is 3.33. The molecular formula is C11H19N. The van der Waals surface area contributed by atoms with Crippen molar-refractivity contribution in [2.45, 2.75) is 51.5 Å². The first-order valence-corrected chi connectivity index (χ1v) is 5.32. The molecule has 2 aliphatic carbocycles. The van der Waals surface area contributed by atoms with Crippen molar-refractivity contribution in [2.24, 2.45) is 5.92 Å². The van der Waals surface area contributed by atoms with Crippen LogP contribution in [0.25, 0.3) is 0 Å². The molecule has 2 aliphatic rings. The first-order valence-electron chi connectivity index (χ1n) is 5.32. The molecule has 1 N–H and O–H groups in total. The smallest absolute Gasteiger partial charge is 0.0261 e. The second kappa shape index (κ2) is 3.51. The van der Waals surface area contributed by atoms with Gasteiger partial charge in [-0.25, -0.2) is 0 Å². The highest BCUT2D eigenvalue weighted by molar-refractivity contribution is 5.09. The van der Waals surface area contributed by atoms with Crippen LogP contribution in [0, 0.1) is 5.92 Å². The van der Waals surface area contributed by atoms with Gasteiger partial charge in [0.1, 0.15) is 0 Å². The van der Waals surface area contributed by atoms with Gasteiger partial charge in [-0.2, -0.15) is 0 Å². The molecule has 1 heteroatoms. The molecule has 0 unspecified atom stereocenters. The molecule has 0 bridgehead atoms. The monoisotopic (exact) mass is 165 g/mol. The van der Waals surface area contributed by atoms with E-state index in [-0.39, 0.29) is 0 Å². The van der Waals surface area contributed by atoms with Gasteiger partial charge in [0.05, 0.1) is 0 Å². The summed E-state index contributed by atoms with van der Waals surface area (Å²) in [5.41, 5.74) is 1.63. The summed E-state index contributed by atoms with van der Waals surface area (Å²) < 4.78 is 0. The first kappa shape index (κ1) is 8.15. The van der Waals surface area contributed by atoms with Gasteiger partial charge in [-0.15, -0.1) is 0 Å². The Balaban J connectivity index is 1.63. The Morgan fingerprint density at radius 2 is 2.17 bits per heavy atom. The molecule has 68 valence electrons. The summed E-state index contributed by atoms with van der Waals surface area (Å²) in [7, 11) is 0. The molecule has 0 aromatic rings. The summed E-state index contributed by atoms with van der Waals surface area (Å²) in [6.07, 6.45) is 10.6. The van der Waals surface area contributed by atoms with Crippen LogP contribution in [0.4, 0.5) is 0 Å². The quantitative estimate of drug-likeness (QED) is 0.678. The van der Waals surface area contributed by atoms with E-state index in [1.807, 2.05) is 0 Å². The number of hydrogen-bond acceptors (Lipinski definition) is 1. The van der Waals surface area contributed by atoms with Crippen molar-refractivity contribution < 1.29 is 0 Å². The molecule has 2 rings (SSSR count). The van der Waals surface area contributed by atoms with Gasteiger partial charge < -0.3 is 5.32 Å². The fourth-order valence-electron chi connectivity index (χ4n) is 1.97. The minimum atomic E-state index is 0.808. The van der Waals surface area contributed by atoms with E-state index < -0.39 is 0 Å². The van der Waals surface area contributed by atoms with Gasteiger partial charge in [-0.3, -0.25) is 0 Å². The fourth-order valence-corrected chi connectivity index (χ4v) is 1.97. The van der Waals surface area contributed by atoms with Crippen LogP contribution in [-0.2, 0) is 0 Å². The molecule has 1 nitrogen and oxygen atoms in total. The van der Waals surface area contributed by atoms with E-state index in [0.717, 1.165) is 12.0 Å². The average molecular weight is 165 g/mol. The standard InChI is InChI=1S/C11H19N/c1-2-9-6-11(7-9)12-8-10-4-3-5-10/h8-9,11-12H,2-7H2,1H3. The van der Waals surface area contributed by atoms with Crippen molar-refractivity contribution in [2.75, 3.05) is 0 Å². The van der Waals surface area contributed by atoms with Crippen LogP contribution in [0.2, 0.25) is 0 Å². The third kappa shape index (κ3) is 1.65. The highest BCUT2D eigenvalue weighted by Crippen LogP contribution is 2.30. The van der Waals surface area contributed by atoms with Crippen molar-refractivity contribution in [1.82, 2.24) is 5.32 Å². The van der Waals surface area contributed by atoms with E-state index in [1.165, 1.54) is 38.5 Å². The Bertz CT molecular complexity index is 171. The van der Waals surface area contributed by atoms with Crippen LogP contribution in [0.1, 0.15) is 45.4 Å². The second-order valence-electron chi connectivity index (χ2n) is 4.27. The summed E-state index contributed by atoms with van der Waals surface area (Å²) in [6, 6.07) is 0.808. The van der Waals surface area contributed by atoms with Gasteiger partial charge in [0.15, 0.2) is 0 Å². The Morgan fingerprint density at radius 1 is 1.42 bits per heavy atom. The SMILES string of the molecule is CCC1CC(NC=C2CCC2)C1. The lowest BCUT2D eigenvalue weighted by molar-refractivity contribution is 0.232.